The van der Waals surface area contributed by atoms with Crippen molar-refractivity contribution < 1.29 is 9.84 Å². The fourth-order valence-electron chi connectivity index (χ4n) is 2.03. The van der Waals surface area contributed by atoms with Crippen LogP contribution in [0.1, 0.15) is 17.2 Å². The number of aliphatic hydroxyl groups is 1. The van der Waals surface area contributed by atoms with Crippen LogP contribution in [0.15, 0.2) is 53.0 Å². The molecule has 0 spiro atoms. The van der Waals surface area contributed by atoms with Gasteiger partial charge in [-0.25, -0.2) is 0 Å². The molecule has 2 N–H and O–H groups in total. The molecule has 0 saturated heterocycles. The lowest BCUT2D eigenvalue weighted by Crippen LogP contribution is -2.14. The average Bonchev–Trinajstić information content (AvgIpc) is 2.46. The molecule has 0 bridgehead atoms. The molecule has 106 valence electrons. The van der Waals surface area contributed by atoms with Gasteiger partial charge in [0, 0.05) is 17.3 Å². The maximum absolute atomic E-state index is 9.58. The molecule has 0 heterocycles. The van der Waals surface area contributed by atoms with Crippen molar-refractivity contribution in [1.82, 2.24) is 0 Å². The number of rotatable bonds is 6. The van der Waals surface area contributed by atoms with Gasteiger partial charge in [-0.2, -0.15) is 0 Å². The third-order valence-electron chi connectivity index (χ3n) is 3.04. The van der Waals surface area contributed by atoms with E-state index in [0.717, 1.165) is 21.3 Å². The van der Waals surface area contributed by atoms with Crippen LogP contribution in [0.3, 0.4) is 0 Å². The summed E-state index contributed by atoms with van der Waals surface area (Å²) >= 11 is 3.44. The van der Waals surface area contributed by atoms with Crippen molar-refractivity contribution in [3.8, 4) is 0 Å². The second-order valence-electron chi connectivity index (χ2n) is 4.56. The molecule has 2 rings (SSSR count). The molecule has 0 aromatic heterocycles. The molecule has 2 aromatic rings. The molecule has 2 aromatic carbocycles. The summed E-state index contributed by atoms with van der Waals surface area (Å²) in [7, 11) is 1.68. The SMILES string of the molecule is COCc1ccc(C(CO)Nc2cccc(Br)c2)cc1. The minimum atomic E-state index is -0.124. The van der Waals surface area contributed by atoms with Gasteiger partial charge in [0.05, 0.1) is 19.3 Å². The third kappa shape index (κ3) is 4.07. The quantitative estimate of drug-likeness (QED) is 0.844. The van der Waals surface area contributed by atoms with Gasteiger partial charge >= 0.3 is 0 Å². The van der Waals surface area contributed by atoms with Crippen molar-refractivity contribution in [2.45, 2.75) is 12.6 Å². The Morgan fingerprint density at radius 1 is 1.20 bits per heavy atom. The summed E-state index contributed by atoms with van der Waals surface area (Å²) in [4.78, 5) is 0. The van der Waals surface area contributed by atoms with Gasteiger partial charge in [0.2, 0.25) is 0 Å². The van der Waals surface area contributed by atoms with Gasteiger partial charge in [0.15, 0.2) is 0 Å². The van der Waals surface area contributed by atoms with Crippen LogP contribution in [0.25, 0.3) is 0 Å². The van der Waals surface area contributed by atoms with E-state index in [2.05, 4.69) is 21.2 Å². The van der Waals surface area contributed by atoms with Gasteiger partial charge in [0.1, 0.15) is 0 Å². The van der Waals surface area contributed by atoms with Crippen LogP contribution in [0.4, 0.5) is 5.69 Å². The van der Waals surface area contributed by atoms with E-state index in [4.69, 9.17) is 4.74 Å². The van der Waals surface area contributed by atoms with Gasteiger partial charge in [0.25, 0.3) is 0 Å². The summed E-state index contributed by atoms with van der Waals surface area (Å²) in [5.74, 6) is 0. The molecular formula is C16H18BrNO2. The number of halogens is 1. The Bertz CT molecular complexity index is 542. The standard InChI is InChI=1S/C16H18BrNO2/c1-20-11-12-5-7-13(8-6-12)16(10-19)18-15-4-2-3-14(17)9-15/h2-9,16,18-19H,10-11H2,1H3. The smallest absolute Gasteiger partial charge is 0.0745 e. The highest BCUT2D eigenvalue weighted by Crippen LogP contribution is 2.22. The minimum Gasteiger partial charge on any atom is -0.394 e. The first kappa shape index (κ1) is 15.0. The maximum atomic E-state index is 9.58. The number of nitrogens with one attached hydrogen (secondary N) is 1. The number of hydrogen-bond donors (Lipinski definition) is 2. The normalized spacial score (nSPS) is 12.2. The largest absolute Gasteiger partial charge is 0.394 e. The molecule has 0 aliphatic heterocycles. The van der Waals surface area contributed by atoms with Gasteiger partial charge < -0.3 is 15.2 Å². The molecule has 0 aliphatic rings. The maximum Gasteiger partial charge on any atom is 0.0745 e. The van der Waals surface area contributed by atoms with Gasteiger partial charge in [-0.3, -0.25) is 0 Å². The van der Waals surface area contributed by atoms with Crippen LogP contribution >= 0.6 is 15.9 Å². The van der Waals surface area contributed by atoms with Crippen LogP contribution in [-0.4, -0.2) is 18.8 Å². The topological polar surface area (TPSA) is 41.5 Å². The molecule has 3 nitrogen and oxygen atoms in total. The first-order valence-electron chi connectivity index (χ1n) is 6.43. The van der Waals surface area contributed by atoms with E-state index < -0.39 is 0 Å². The zero-order valence-corrected chi connectivity index (χ0v) is 12.9. The van der Waals surface area contributed by atoms with Crippen LogP contribution in [0, 0.1) is 0 Å². The molecule has 0 amide bonds. The highest BCUT2D eigenvalue weighted by molar-refractivity contribution is 9.10. The Morgan fingerprint density at radius 2 is 1.95 bits per heavy atom. The van der Waals surface area contributed by atoms with Crippen LogP contribution in [-0.2, 0) is 11.3 Å². The van der Waals surface area contributed by atoms with Crippen molar-refractivity contribution in [2.75, 3.05) is 19.0 Å². The lowest BCUT2D eigenvalue weighted by Gasteiger charge is -2.18. The summed E-state index contributed by atoms with van der Waals surface area (Å²) in [6, 6.07) is 15.8. The lowest BCUT2D eigenvalue weighted by molar-refractivity contribution is 0.185. The van der Waals surface area contributed by atoms with E-state index in [1.54, 1.807) is 7.11 Å². The predicted octanol–water partition coefficient (Wildman–Crippen LogP) is 3.74. The van der Waals surface area contributed by atoms with Crippen molar-refractivity contribution >= 4 is 21.6 Å². The lowest BCUT2D eigenvalue weighted by atomic mass is 10.1. The first-order valence-corrected chi connectivity index (χ1v) is 7.23. The Balaban J connectivity index is 2.11. The molecule has 1 atom stereocenters. The second kappa shape index (κ2) is 7.43. The first-order chi connectivity index (χ1) is 9.72. The number of hydrogen-bond acceptors (Lipinski definition) is 3. The molecule has 1 unspecified atom stereocenters. The van der Waals surface area contributed by atoms with Crippen molar-refractivity contribution in [1.29, 1.82) is 0 Å². The van der Waals surface area contributed by atoms with Gasteiger partial charge in [-0.05, 0) is 29.3 Å². The fraction of sp³-hybridized carbons (Fsp3) is 0.250. The monoisotopic (exact) mass is 335 g/mol. The third-order valence-corrected chi connectivity index (χ3v) is 3.53. The Morgan fingerprint density at radius 3 is 2.55 bits per heavy atom. The van der Waals surface area contributed by atoms with Crippen LogP contribution in [0.2, 0.25) is 0 Å². The summed E-state index contributed by atoms with van der Waals surface area (Å²) in [6.07, 6.45) is 0. The second-order valence-corrected chi connectivity index (χ2v) is 5.48. The van der Waals surface area contributed by atoms with E-state index in [9.17, 15) is 5.11 Å². The summed E-state index contributed by atoms with van der Waals surface area (Å²) in [5.41, 5.74) is 3.14. The van der Waals surface area contributed by atoms with E-state index >= 15 is 0 Å². The minimum absolute atomic E-state index is 0.0378. The number of aliphatic hydroxyl groups excluding tert-OH is 1. The average molecular weight is 336 g/mol. The molecule has 0 fully saturated rings. The summed E-state index contributed by atoms with van der Waals surface area (Å²) in [6.45, 7) is 0.638. The highest BCUT2D eigenvalue weighted by atomic mass is 79.9. The van der Waals surface area contributed by atoms with Gasteiger partial charge in [-0.1, -0.05) is 46.3 Å². The predicted molar refractivity (Wildman–Crippen MR) is 84.7 cm³/mol. The fourth-order valence-corrected chi connectivity index (χ4v) is 2.43. The zero-order valence-electron chi connectivity index (χ0n) is 11.3. The molecular weight excluding hydrogens is 318 g/mol. The Hall–Kier alpha value is -1.36. The molecule has 0 saturated carbocycles. The Kier molecular flexibility index (Phi) is 5.59. The van der Waals surface area contributed by atoms with E-state index in [1.165, 1.54) is 0 Å². The molecule has 20 heavy (non-hydrogen) atoms. The van der Waals surface area contributed by atoms with E-state index in [0.29, 0.717) is 6.61 Å². The van der Waals surface area contributed by atoms with Gasteiger partial charge in [-0.15, -0.1) is 0 Å². The molecule has 4 heteroatoms. The van der Waals surface area contributed by atoms with E-state index in [1.807, 2.05) is 48.5 Å². The van der Waals surface area contributed by atoms with Crippen molar-refractivity contribution in [3.05, 3.63) is 64.1 Å². The van der Waals surface area contributed by atoms with Crippen molar-refractivity contribution in [2.24, 2.45) is 0 Å². The molecule has 0 radical (unpaired) electrons. The highest BCUT2D eigenvalue weighted by Gasteiger charge is 2.10. The molecule has 0 aliphatic carbocycles. The number of methoxy groups -OCH3 is 1. The summed E-state index contributed by atoms with van der Waals surface area (Å²) in [5, 5.41) is 12.9. The number of ether oxygens (including phenoxy) is 1. The van der Waals surface area contributed by atoms with Crippen LogP contribution in [0.5, 0.6) is 0 Å². The Labute approximate surface area is 127 Å². The van der Waals surface area contributed by atoms with Crippen molar-refractivity contribution in [3.63, 3.8) is 0 Å². The number of anilines is 1. The van der Waals surface area contributed by atoms with Crippen LogP contribution < -0.4 is 5.32 Å². The summed E-state index contributed by atoms with van der Waals surface area (Å²) < 4.78 is 6.10. The zero-order chi connectivity index (χ0) is 14.4. The number of benzene rings is 2. The van der Waals surface area contributed by atoms with E-state index in [-0.39, 0.29) is 12.6 Å².